The van der Waals surface area contributed by atoms with Crippen LogP contribution in [-0.2, 0) is 0 Å². The van der Waals surface area contributed by atoms with E-state index in [2.05, 4.69) is 30.2 Å². The van der Waals surface area contributed by atoms with Gasteiger partial charge < -0.3 is 15.2 Å². The van der Waals surface area contributed by atoms with Gasteiger partial charge >= 0.3 is 0 Å². The van der Waals surface area contributed by atoms with E-state index < -0.39 is 0 Å². The molecule has 7 heteroatoms. The zero-order chi connectivity index (χ0) is 17.2. The van der Waals surface area contributed by atoms with Crippen LogP contribution in [-0.4, -0.2) is 45.0 Å². The van der Waals surface area contributed by atoms with Crippen molar-refractivity contribution in [3.05, 3.63) is 48.0 Å². The fourth-order valence-corrected chi connectivity index (χ4v) is 3.28. The zero-order valence-corrected chi connectivity index (χ0v) is 14.1. The Labute approximate surface area is 145 Å². The highest BCUT2D eigenvalue weighted by Gasteiger charge is 2.23. The molecule has 0 bridgehead atoms. The van der Waals surface area contributed by atoms with Gasteiger partial charge in [0.1, 0.15) is 5.82 Å². The summed E-state index contributed by atoms with van der Waals surface area (Å²) in [7, 11) is 0. The number of aromatic amines is 1. The molecule has 2 aromatic heterocycles. The minimum Gasteiger partial charge on any atom is -0.348 e. The van der Waals surface area contributed by atoms with Crippen LogP contribution in [0.15, 0.2) is 36.7 Å². The smallest absolute Gasteiger partial charge is 0.251 e. The molecule has 1 aliphatic rings. The van der Waals surface area contributed by atoms with Crippen LogP contribution in [0.3, 0.4) is 0 Å². The molecule has 4 rings (SSSR count). The van der Waals surface area contributed by atoms with Gasteiger partial charge in [0.05, 0.1) is 11.0 Å². The van der Waals surface area contributed by atoms with E-state index in [1.165, 1.54) is 0 Å². The number of hydrogen-bond acceptors (Lipinski definition) is 5. The fraction of sp³-hybridized carbons (Fsp3) is 0.333. The number of imidazole rings is 1. The third kappa shape index (κ3) is 3.31. The molecule has 0 unspecified atom stereocenters. The molecule has 0 aliphatic carbocycles. The number of carbonyl (C=O) groups is 1. The quantitative estimate of drug-likeness (QED) is 0.764. The second-order valence-corrected chi connectivity index (χ2v) is 6.36. The number of nitrogens with one attached hydrogen (secondary N) is 2. The highest BCUT2D eigenvalue weighted by Crippen LogP contribution is 2.17. The van der Waals surface area contributed by atoms with E-state index in [1.54, 1.807) is 18.5 Å². The van der Waals surface area contributed by atoms with Crippen LogP contribution >= 0.6 is 0 Å². The Hall–Kier alpha value is -2.96. The van der Waals surface area contributed by atoms with Crippen LogP contribution in [0.1, 0.15) is 29.0 Å². The predicted octanol–water partition coefficient (Wildman–Crippen LogP) is 2.06. The van der Waals surface area contributed by atoms with Crippen LogP contribution in [0.4, 0.5) is 5.95 Å². The molecule has 1 atom stereocenters. The van der Waals surface area contributed by atoms with E-state index in [0.717, 1.165) is 48.7 Å². The fourth-order valence-electron chi connectivity index (χ4n) is 3.28. The first-order chi connectivity index (χ1) is 12.2. The van der Waals surface area contributed by atoms with Gasteiger partial charge in [-0.25, -0.2) is 15.0 Å². The molecule has 7 nitrogen and oxygen atoms in total. The van der Waals surface area contributed by atoms with Crippen molar-refractivity contribution in [3.8, 4) is 0 Å². The lowest BCUT2D eigenvalue weighted by Crippen LogP contribution is -2.48. The van der Waals surface area contributed by atoms with Gasteiger partial charge in [-0.05, 0) is 44.0 Å². The third-order valence-corrected chi connectivity index (χ3v) is 4.45. The van der Waals surface area contributed by atoms with Gasteiger partial charge in [0.15, 0.2) is 0 Å². The van der Waals surface area contributed by atoms with E-state index in [-0.39, 0.29) is 11.9 Å². The van der Waals surface area contributed by atoms with Gasteiger partial charge in [0.25, 0.3) is 5.91 Å². The molecule has 128 valence electrons. The number of H-pyrrole nitrogens is 1. The Bertz CT molecular complexity index is 891. The van der Waals surface area contributed by atoms with Crippen molar-refractivity contribution in [1.82, 2.24) is 25.3 Å². The van der Waals surface area contributed by atoms with Gasteiger partial charge in [0, 0.05) is 37.1 Å². The van der Waals surface area contributed by atoms with Crippen LogP contribution in [0.2, 0.25) is 0 Å². The van der Waals surface area contributed by atoms with Crippen molar-refractivity contribution in [3.63, 3.8) is 0 Å². The lowest BCUT2D eigenvalue weighted by molar-refractivity contribution is 0.0933. The van der Waals surface area contributed by atoms with Crippen molar-refractivity contribution in [2.24, 2.45) is 0 Å². The predicted molar refractivity (Wildman–Crippen MR) is 95.6 cm³/mol. The molecule has 0 radical (unpaired) electrons. The summed E-state index contributed by atoms with van der Waals surface area (Å²) in [6.45, 7) is 3.54. The number of amides is 1. The summed E-state index contributed by atoms with van der Waals surface area (Å²) in [6.07, 6.45) is 5.45. The molecule has 3 aromatic rings. The second-order valence-electron chi connectivity index (χ2n) is 6.36. The van der Waals surface area contributed by atoms with Crippen molar-refractivity contribution in [1.29, 1.82) is 0 Å². The number of carbonyl (C=O) groups excluding carboxylic acids is 1. The number of nitrogens with zero attached hydrogens (tertiary/aromatic N) is 4. The van der Waals surface area contributed by atoms with Crippen LogP contribution in [0.5, 0.6) is 0 Å². The summed E-state index contributed by atoms with van der Waals surface area (Å²) in [5.41, 5.74) is 2.40. The maximum Gasteiger partial charge on any atom is 0.251 e. The maximum absolute atomic E-state index is 12.6. The van der Waals surface area contributed by atoms with Crippen molar-refractivity contribution in [2.75, 3.05) is 18.0 Å². The Morgan fingerprint density at radius 2 is 2.16 bits per heavy atom. The number of benzene rings is 1. The van der Waals surface area contributed by atoms with Crippen molar-refractivity contribution < 1.29 is 4.79 Å². The molecule has 1 aromatic carbocycles. The van der Waals surface area contributed by atoms with Crippen molar-refractivity contribution in [2.45, 2.75) is 25.8 Å². The van der Waals surface area contributed by atoms with Gasteiger partial charge in [-0.15, -0.1) is 0 Å². The van der Waals surface area contributed by atoms with Gasteiger partial charge in [0.2, 0.25) is 5.95 Å². The molecule has 0 saturated carbocycles. The average Bonchev–Trinajstić information content (AvgIpc) is 3.02. The number of rotatable bonds is 3. The van der Waals surface area contributed by atoms with Crippen LogP contribution in [0.25, 0.3) is 11.0 Å². The highest BCUT2D eigenvalue weighted by molar-refractivity contribution is 5.97. The molecule has 1 aliphatic heterocycles. The summed E-state index contributed by atoms with van der Waals surface area (Å²) in [5, 5.41) is 3.14. The monoisotopic (exact) mass is 336 g/mol. The molecule has 25 heavy (non-hydrogen) atoms. The standard InChI is InChI=1S/C18H20N6O/c1-12-21-15-6-5-13(10-16(15)22-12)17(25)23-14-4-2-9-24(11-14)18-19-7-3-8-20-18/h3,5-8,10,14H,2,4,9,11H2,1H3,(H,21,22)(H,23,25)/t14-/m1/s1. The molecule has 0 spiro atoms. The number of anilines is 1. The SMILES string of the molecule is Cc1nc2ccc(C(=O)N[C@@H]3CCCN(c4ncccn4)C3)cc2[nH]1. The molecule has 1 saturated heterocycles. The lowest BCUT2D eigenvalue weighted by Gasteiger charge is -2.33. The van der Waals surface area contributed by atoms with E-state index in [4.69, 9.17) is 0 Å². The number of aromatic nitrogens is 4. The van der Waals surface area contributed by atoms with E-state index in [1.807, 2.05) is 25.1 Å². The molecule has 2 N–H and O–H groups in total. The van der Waals surface area contributed by atoms with E-state index in [9.17, 15) is 4.79 Å². The Morgan fingerprint density at radius 3 is 3.00 bits per heavy atom. The summed E-state index contributed by atoms with van der Waals surface area (Å²) in [5.74, 6) is 1.50. The molecule has 1 fully saturated rings. The molecule has 3 heterocycles. The summed E-state index contributed by atoms with van der Waals surface area (Å²) < 4.78 is 0. The normalized spacial score (nSPS) is 17.6. The number of aryl methyl sites for hydroxylation is 1. The Kier molecular flexibility index (Phi) is 4.05. The molecular weight excluding hydrogens is 316 g/mol. The van der Waals surface area contributed by atoms with Crippen molar-refractivity contribution >= 4 is 22.9 Å². The zero-order valence-electron chi connectivity index (χ0n) is 14.1. The number of fused-ring (bicyclic) bond motifs is 1. The minimum atomic E-state index is -0.0602. The topological polar surface area (TPSA) is 86.8 Å². The highest BCUT2D eigenvalue weighted by atomic mass is 16.1. The van der Waals surface area contributed by atoms with E-state index >= 15 is 0 Å². The Morgan fingerprint density at radius 1 is 1.32 bits per heavy atom. The second kappa shape index (κ2) is 6.51. The Balaban J connectivity index is 1.46. The van der Waals surface area contributed by atoms with E-state index in [0.29, 0.717) is 5.56 Å². The van der Waals surface area contributed by atoms with Gasteiger partial charge in [-0.3, -0.25) is 4.79 Å². The third-order valence-electron chi connectivity index (χ3n) is 4.45. The van der Waals surface area contributed by atoms with Gasteiger partial charge in [-0.2, -0.15) is 0 Å². The minimum absolute atomic E-state index is 0.0602. The van der Waals surface area contributed by atoms with Crippen LogP contribution in [0, 0.1) is 6.92 Å². The number of hydrogen-bond donors (Lipinski definition) is 2. The number of piperidine rings is 1. The van der Waals surface area contributed by atoms with Crippen LogP contribution < -0.4 is 10.2 Å². The van der Waals surface area contributed by atoms with Gasteiger partial charge in [-0.1, -0.05) is 0 Å². The summed E-state index contributed by atoms with van der Waals surface area (Å²) in [4.78, 5) is 30.9. The lowest BCUT2D eigenvalue weighted by atomic mass is 10.1. The molecule has 1 amide bonds. The first-order valence-corrected chi connectivity index (χ1v) is 8.48. The maximum atomic E-state index is 12.6. The largest absolute Gasteiger partial charge is 0.348 e. The first-order valence-electron chi connectivity index (χ1n) is 8.48. The summed E-state index contributed by atoms with van der Waals surface area (Å²) in [6, 6.07) is 7.44. The average molecular weight is 336 g/mol. The summed E-state index contributed by atoms with van der Waals surface area (Å²) >= 11 is 0. The molecular formula is C18H20N6O. The first kappa shape index (κ1) is 15.6.